The van der Waals surface area contributed by atoms with E-state index in [4.69, 9.17) is 10.1 Å². The fourth-order valence-corrected chi connectivity index (χ4v) is 3.48. The fraction of sp³-hybridized carbons (Fsp3) is 0.364. The minimum atomic E-state index is -0.775. The van der Waals surface area contributed by atoms with E-state index in [0.29, 0.717) is 13.0 Å². The number of nitrogens with one attached hydrogen (secondary N) is 1. The van der Waals surface area contributed by atoms with Crippen LogP contribution in [-0.2, 0) is 11.3 Å². The van der Waals surface area contributed by atoms with Gasteiger partial charge in [-0.1, -0.05) is 24.3 Å². The zero-order valence-corrected chi connectivity index (χ0v) is 17.0. The normalized spacial score (nSPS) is 11.3. The van der Waals surface area contributed by atoms with Crippen molar-refractivity contribution in [2.75, 3.05) is 26.0 Å². The van der Waals surface area contributed by atoms with Gasteiger partial charge in [0.25, 0.3) is 0 Å². The van der Waals surface area contributed by atoms with Crippen molar-refractivity contribution < 1.29 is 9.90 Å². The second kappa shape index (κ2) is 8.44. The third kappa shape index (κ3) is 4.51. The number of imidazole rings is 1. The summed E-state index contributed by atoms with van der Waals surface area (Å²) in [6.45, 7) is 5.58. The highest BCUT2D eigenvalue weighted by Gasteiger charge is 2.16. The van der Waals surface area contributed by atoms with Crippen molar-refractivity contribution in [1.82, 2.24) is 14.3 Å². The van der Waals surface area contributed by atoms with Crippen molar-refractivity contribution in [2.24, 2.45) is 0 Å². The molecule has 6 nitrogen and oxygen atoms in total. The van der Waals surface area contributed by atoms with E-state index in [9.17, 15) is 4.79 Å². The molecule has 3 aromatic rings. The first-order valence-corrected chi connectivity index (χ1v) is 9.54. The standard InChI is InChI=1S/C22H28N4O2/c1-15-11-16(2)21-24-20(18-8-5-7-17(12-18)14-25(3)4)22(26(21)13-15)23-10-6-9-19(27)28/h5,7-8,11-13,23H,6,9-10,14H2,1-4H3,(H,27,28). The number of carbonyl (C=O) groups is 1. The number of aliphatic carboxylic acids is 1. The molecule has 0 aliphatic rings. The molecule has 0 amide bonds. The van der Waals surface area contributed by atoms with Crippen molar-refractivity contribution in [1.29, 1.82) is 0 Å². The Balaban J connectivity index is 2.04. The molecule has 1 aromatic carbocycles. The van der Waals surface area contributed by atoms with E-state index in [1.54, 1.807) is 0 Å². The summed E-state index contributed by atoms with van der Waals surface area (Å²) >= 11 is 0. The molecule has 0 saturated heterocycles. The summed E-state index contributed by atoms with van der Waals surface area (Å²) in [4.78, 5) is 17.9. The number of rotatable bonds is 8. The average Bonchev–Trinajstić information content (AvgIpc) is 2.97. The second-order valence-electron chi connectivity index (χ2n) is 7.57. The Labute approximate surface area is 165 Å². The molecule has 28 heavy (non-hydrogen) atoms. The smallest absolute Gasteiger partial charge is 0.303 e. The zero-order chi connectivity index (χ0) is 20.3. The predicted octanol–water partition coefficient (Wildman–Crippen LogP) is 3.96. The van der Waals surface area contributed by atoms with Gasteiger partial charge in [-0.05, 0) is 57.1 Å². The summed E-state index contributed by atoms with van der Waals surface area (Å²) in [5.74, 6) is 0.137. The van der Waals surface area contributed by atoms with Gasteiger partial charge in [0.1, 0.15) is 17.2 Å². The summed E-state index contributed by atoms with van der Waals surface area (Å²) in [7, 11) is 4.11. The van der Waals surface area contributed by atoms with Crippen LogP contribution in [0.1, 0.15) is 29.5 Å². The van der Waals surface area contributed by atoms with Crippen LogP contribution in [0.25, 0.3) is 16.9 Å². The van der Waals surface area contributed by atoms with Crippen LogP contribution >= 0.6 is 0 Å². The van der Waals surface area contributed by atoms with Crippen molar-refractivity contribution >= 4 is 17.4 Å². The maximum atomic E-state index is 10.8. The van der Waals surface area contributed by atoms with Gasteiger partial charge in [-0.3, -0.25) is 9.20 Å². The van der Waals surface area contributed by atoms with Crippen LogP contribution in [0.2, 0.25) is 0 Å². The minimum Gasteiger partial charge on any atom is -0.481 e. The van der Waals surface area contributed by atoms with Gasteiger partial charge in [0.05, 0.1) is 0 Å². The molecule has 2 N–H and O–H groups in total. The van der Waals surface area contributed by atoms with Crippen LogP contribution in [-0.4, -0.2) is 46.0 Å². The number of aryl methyl sites for hydroxylation is 2. The number of fused-ring (bicyclic) bond motifs is 1. The van der Waals surface area contributed by atoms with Gasteiger partial charge >= 0.3 is 5.97 Å². The molecule has 0 aliphatic heterocycles. The summed E-state index contributed by atoms with van der Waals surface area (Å²) in [5.41, 5.74) is 6.36. The molecule has 0 atom stereocenters. The molecule has 3 rings (SSSR count). The molecule has 0 spiro atoms. The number of pyridine rings is 1. The number of nitrogens with zero attached hydrogens (tertiary/aromatic N) is 3. The molecule has 0 saturated carbocycles. The van der Waals surface area contributed by atoms with Crippen molar-refractivity contribution in [3.05, 3.63) is 53.2 Å². The summed E-state index contributed by atoms with van der Waals surface area (Å²) in [5, 5.41) is 12.3. The minimum absolute atomic E-state index is 0.148. The van der Waals surface area contributed by atoms with Crippen molar-refractivity contribution in [2.45, 2.75) is 33.2 Å². The lowest BCUT2D eigenvalue weighted by Crippen LogP contribution is -2.10. The lowest BCUT2D eigenvalue weighted by molar-refractivity contribution is -0.137. The van der Waals surface area contributed by atoms with Crippen LogP contribution < -0.4 is 5.32 Å². The number of benzene rings is 1. The van der Waals surface area contributed by atoms with Crippen LogP contribution in [0.3, 0.4) is 0 Å². The Morgan fingerprint density at radius 2 is 2.04 bits per heavy atom. The molecule has 148 valence electrons. The first-order valence-electron chi connectivity index (χ1n) is 9.54. The molecule has 0 fully saturated rings. The molecule has 6 heteroatoms. The third-order valence-corrected chi connectivity index (χ3v) is 4.60. The van der Waals surface area contributed by atoms with Crippen LogP contribution in [0.4, 0.5) is 5.82 Å². The monoisotopic (exact) mass is 380 g/mol. The quantitative estimate of drug-likeness (QED) is 0.579. The summed E-state index contributed by atoms with van der Waals surface area (Å²) in [6, 6.07) is 10.6. The van der Waals surface area contributed by atoms with Gasteiger partial charge in [-0.2, -0.15) is 0 Å². The largest absolute Gasteiger partial charge is 0.481 e. The van der Waals surface area contributed by atoms with Crippen LogP contribution in [0.5, 0.6) is 0 Å². The van der Waals surface area contributed by atoms with Gasteiger partial charge < -0.3 is 15.3 Å². The molecule has 2 heterocycles. The zero-order valence-electron chi connectivity index (χ0n) is 17.0. The Hall–Kier alpha value is -2.86. The van der Waals surface area contributed by atoms with Crippen molar-refractivity contribution in [3.8, 4) is 11.3 Å². The van der Waals surface area contributed by atoms with Crippen LogP contribution in [0, 0.1) is 13.8 Å². The predicted molar refractivity (Wildman–Crippen MR) is 113 cm³/mol. The topological polar surface area (TPSA) is 69.9 Å². The van der Waals surface area contributed by atoms with Crippen molar-refractivity contribution in [3.63, 3.8) is 0 Å². The van der Waals surface area contributed by atoms with Gasteiger partial charge in [0.15, 0.2) is 0 Å². The van der Waals surface area contributed by atoms with E-state index in [2.05, 4.69) is 79.1 Å². The fourth-order valence-electron chi connectivity index (χ4n) is 3.48. The highest BCUT2D eigenvalue weighted by molar-refractivity contribution is 5.78. The number of hydrogen-bond donors (Lipinski definition) is 2. The molecule has 2 aromatic heterocycles. The van der Waals surface area contributed by atoms with E-state index in [0.717, 1.165) is 40.4 Å². The number of carboxylic acids is 1. The highest BCUT2D eigenvalue weighted by Crippen LogP contribution is 2.31. The molecule has 0 aliphatic carbocycles. The van der Waals surface area contributed by atoms with E-state index in [1.165, 1.54) is 5.56 Å². The number of hydrogen-bond acceptors (Lipinski definition) is 4. The molecule has 0 radical (unpaired) electrons. The Kier molecular flexibility index (Phi) is 5.99. The Bertz CT molecular complexity index is 992. The van der Waals surface area contributed by atoms with Gasteiger partial charge in [-0.15, -0.1) is 0 Å². The van der Waals surface area contributed by atoms with Gasteiger partial charge in [0.2, 0.25) is 0 Å². The van der Waals surface area contributed by atoms with Gasteiger partial charge in [-0.25, -0.2) is 4.98 Å². The molecule has 0 unspecified atom stereocenters. The molecular weight excluding hydrogens is 352 g/mol. The van der Waals surface area contributed by atoms with E-state index in [-0.39, 0.29) is 6.42 Å². The van der Waals surface area contributed by atoms with E-state index < -0.39 is 5.97 Å². The number of anilines is 1. The Morgan fingerprint density at radius 3 is 2.75 bits per heavy atom. The van der Waals surface area contributed by atoms with Gasteiger partial charge in [0, 0.05) is 31.3 Å². The Morgan fingerprint density at radius 1 is 1.25 bits per heavy atom. The summed E-state index contributed by atoms with van der Waals surface area (Å²) in [6.07, 6.45) is 2.78. The summed E-state index contributed by atoms with van der Waals surface area (Å²) < 4.78 is 2.08. The third-order valence-electron chi connectivity index (χ3n) is 4.60. The maximum Gasteiger partial charge on any atom is 0.303 e. The molecule has 0 bridgehead atoms. The lowest BCUT2D eigenvalue weighted by Gasteiger charge is -2.12. The van der Waals surface area contributed by atoms with E-state index in [1.807, 2.05) is 0 Å². The maximum absolute atomic E-state index is 10.8. The SMILES string of the molecule is Cc1cc(C)c2nc(-c3cccc(CN(C)C)c3)c(NCCCC(=O)O)n2c1. The first kappa shape index (κ1) is 19.9. The number of aromatic nitrogens is 2. The number of carboxylic acid groups (broad SMARTS) is 1. The van der Waals surface area contributed by atoms with Crippen LogP contribution in [0.15, 0.2) is 36.5 Å². The second-order valence-corrected chi connectivity index (χ2v) is 7.57. The average molecular weight is 380 g/mol. The molecular formula is C22H28N4O2. The van der Waals surface area contributed by atoms with E-state index >= 15 is 0 Å². The highest BCUT2D eigenvalue weighted by atomic mass is 16.4. The lowest BCUT2D eigenvalue weighted by atomic mass is 10.1. The first-order chi connectivity index (χ1) is 13.3.